The highest BCUT2D eigenvalue weighted by molar-refractivity contribution is 7.98. The van der Waals surface area contributed by atoms with Gasteiger partial charge in [0.15, 0.2) is 5.16 Å². The molecular formula is C20H19N5O2S. The molecule has 0 radical (unpaired) electrons. The summed E-state index contributed by atoms with van der Waals surface area (Å²) in [5.41, 5.74) is 1.60. The molecule has 0 N–H and O–H groups in total. The molecule has 1 unspecified atom stereocenters. The van der Waals surface area contributed by atoms with Gasteiger partial charge in [-0.15, -0.1) is 0 Å². The minimum Gasteiger partial charge on any atom is -0.376 e. The van der Waals surface area contributed by atoms with Crippen LogP contribution in [0, 0.1) is 0 Å². The van der Waals surface area contributed by atoms with Crippen LogP contribution in [-0.4, -0.2) is 36.6 Å². The number of aromatic nitrogens is 5. The van der Waals surface area contributed by atoms with Gasteiger partial charge in [-0.25, -0.2) is 15.0 Å². The lowest BCUT2D eigenvalue weighted by molar-refractivity contribution is 0.0937. The van der Waals surface area contributed by atoms with Gasteiger partial charge in [-0.2, -0.15) is 0 Å². The first kappa shape index (κ1) is 17.4. The monoisotopic (exact) mass is 393 g/mol. The molecule has 1 aliphatic rings. The number of ether oxygens (including phenoxy) is 1. The third-order valence-corrected chi connectivity index (χ3v) is 5.88. The summed E-state index contributed by atoms with van der Waals surface area (Å²) in [7, 11) is 0. The van der Waals surface area contributed by atoms with Gasteiger partial charge in [0.2, 0.25) is 5.78 Å². The Morgan fingerprint density at radius 3 is 3.00 bits per heavy atom. The van der Waals surface area contributed by atoms with E-state index < -0.39 is 0 Å². The molecule has 3 aromatic heterocycles. The lowest BCUT2D eigenvalue weighted by atomic mass is 10.2. The summed E-state index contributed by atoms with van der Waals surface area (Å²) in [5, 5.41) is 1.34. The number of thioether (sulfide) groups is 1. The Hall–Kier alpha value is -2.71. The van der Waals surface area contributed by atoms with Crippen molar-refractivity contribution in [3.8, 4) is 0 Å². The maximum Gasteiger partial charge on any atom is 0.262 e. The zero-order valence-electron chi connectivity index (χ0n) is 15.2. The highest BCUT2D eigenvalue weighted by atomic mass is 32.2. The van der Waals surface area contributed by atoms with Crippen LogP contribution in [0.3, 0.4) is 0 Å². The van der Waals surface area contributed by atoms with E-state index in [9.17, 15) is 4.79 Å². The van der Waals surface area contributed by atoms with Crippen LogP contribution in [0.5, 0.6) is 0 Å². The SMILES string of the molecule is O=c1c2ccccc2nc(SCc2cn3cccnc3n2)n1CC1CCCO1. The molecule has 1 fully saturated rings. The van der Waals surface area contributed by atoms with Crippen LogP contribution in [0.2, 0.25) is 0 Å². The average molecular weight is 393 g/mol. The van der Waals surface area contributed by atoms with Crippen LogP contribution in [0.15, 0.2) is 58.9 Å². The normalized spacial score (nSPS) is 16.9. The number of nitrogens with zero attached hydrogens (tertiary/aromatic N) is 5. The minimum absolute atomic E-state index is 0.0136. The van der Waals surface area contributed by atoms with E-state index in [2.05, 4.69) is 9.97 Å². The van der Waals surface area contributed by atoms with Gasteiger partial charge in [0.1, 0.15) is 0 Å². The van der Waals surface area contributed by atoms with Gasteiger partial charge in [0, 0.05) is 31.0 Å². The summed E-state index contributed by atoms with van der Waals surface area (Å²) >= 11 is 1.52. The molecule has 4 aromatic rings. The highest BCUT2D eigenvalue weighted by Crippen LogP contribution is 2.23. The lowest BCUT2D eigenvalue weighted by Gasteiger charge is -2.16. The summed E-state index contributed by atoms with van der Waals surface area (Å²) < 4.78 is 9.41. The molecule has 142 valence electrons. The summed E-state index contributed by atoms with van der Waals surface area (Å²) in [5.74, 6) is 1.28. The zero-order valence-corrected chi connectivity index (χ0v) is 16.0. The number of imidazole rings is 1. The van der Waals surface area contributed by atoms with Gasteiger partial charge in [-0.1, -0.05) is 23.9 Å². The molecule has 1 atom stereocenters. The fourth-order valence-electron chi connectivity index (χ4n) is 3.50. The topological polar surface area (TPSA) is 74.3 Å². The molecule has 0 spiro atoms. The van der Waals surface area contributed by atoms with Crippen molar-refractivity contribution in [3.63, 3.8) is 0 Å². The van der Waals surface area contributed by atoms with Crippen molar-refractivity contribution in [3.05, 3.63) is 65.0 Å². The van der Waals surface area contributed by atoms with Gasteiger partial charge >= 0.3 is 0 Å². The smallest absolute Gasteiger partial charge is 0.262 e. The Labute approximate surface area is 165 Å². The van der Waals surface area contributed by atoms with E-state index in [1.165, 1.54) is 11.8 Å². The van der Waals surface area contributed by atoms with Crippen LogP contribution in [-0.2, 0) is 17.0 Å². The Balaban J connectivity index is 1.49. The number of para-hydroxylation sites is 1. The van der Waals surface area contributed by atoms with E-state index in [-0.39, 0.29) is 11.7 Å². The van der Waals surface area contributed by atoms with E-state index >= 15 is 0 Å². The standard InChI is InChI=1S/C20H19N5O2S/c26-18-16-6-1-2-7-17(16)23-20(25(18)12-15-5-3-10-27-15)28-13-14-11-24-9-4-8-21-19(24)22-14/h1-2,4,6-9,11,15H,3,5,10,12-13H2. The van der Waals surface area contributed by atoms with Crippen molar-refractivity contribution >= 4 is 28.4 Å². The lowest BCUT2D eigenvalue weighted by Crippen LogP contribution is -2.28. The molecule has 0 saturated carbocycles. The Morgan fingerprint density at radius 1 is 1.21 bits per heavy atom. The van der Waals surface area contributed by atoms with Crippen LogP contribution < -0.4 is 5.56 Å². The second kappa shape index (κ2) is 7.37. The predicted molar refractivity (Wildman–Crippen MR) is 108 cm³/mol. The van der Waals surface area contributed by atoms with Crippen molar-refractivity contribution in [2.45, 2.75) is 36.4 Å². The molecule has 1 saturated heterocycles. The Bertz CT molecular complexity index is 1160. The molecule has 8 heteroatoms. The molecule has 5 rings (SSSR count). The van der Waals surface area contributed by atoms with Crippen LogP contribution in [0.1, 0.15) is 18.5 Å². The van der Waals surface area contributed by atoms with Crippen molar-refractivity contribution in [2.75, 3.05) is 6.61 Å². The molecule has 1 aliphatic heterocycles. The summed E-state index contributed by atoms with van der Waals surface area (Å²) in [6, 6.07) is 9.36. The van der Waals surface area contributed by atoms with Gasteiger partial charge in [0.05, 0.1) is 29.2 Å². The zero-order chi connectivity index (χ0) is 18.9. The first-order valence-corrected chi connectivity index (χ1v) is 10.3. The summed E-state index contributed by atoms with van der Waals surface area (Å²) in [6.07, 6.45) is 7.69. The van der Waals surface area contributed by atoms with Gasteiger partial charge in [0.25, 0.3) is 5.56 Å². The summed E-state index contributed by atoms with van der Waals surface area (Å²) in [6.45, 7) is 1.29. The minimum atomic E-state index is -0.0136. The Kier molecular flexibility index (Phi) is 4.58. The molecular weight excluding hydrogens is 374 g/mol. The first-order valence-electron chi connectivity index (χ1n) is 9.30. The third kappa shape index (κ3) is 3.29. The van der Waals surface area contributed by atoms with E-state index in [0.29, 0.717) is 28.6 Å². The predicted octanol–water partition coefficient (Wildman–Crippen LogP) is 2.91. The maximum atomic E-state index is 13.1. The third-order valence-electron chi connectivity index (χ3n) is 4.87. The average Bonchev–Trinajstić information content (AvgIpc) is 3.38. The van der Waals surface area contributed by atoms with Crippen molar-refractivity contribution in [2.24, 2.45) is 0 Å². The number of rotatable bonds is 5. The highest BCUT2D eigenvalue weighted by Gasteiger charge is 2.20. The molecule has 0 amide bonds. The van der Waals surface area contributed by atoms with Crippen LogP contribution in [0.25, 0.3) is 16.7 Å². The number of benzene rings is 1. The number of hydrogen-bond acceptors (Lipinski definition) is 6. The van der Waals surface area contributed by atoms with E-state index in [1.807, 2.05) is 47.1 Å². The molecule has 28 heavy (non-hydrogen) atoms. The first-order chi connectivity index (χ1) is 13.8. The molecule has 4 heterocycles. The fourth-order valence-corrected chi connectivity index (χ4v) is 4.39. The quantitative estimate of drug-likeness (QED) is 0.383. The van der Waals surface area contributed by atoms with Gasteiger partial charge < -0.3 is 4.74 Å². The van der Waals surface area contributed by atoms with Gasteiger partial charge in [-0.05, 0) is 31.0 Å². The van der Waals surface area contributed by atoms with Crippen LogP contribution in [0.4, 0.5) is 0 Å². The van der Waals surface area contributed by atoms with Crippen molar-refractivity contribution in [1.82, 2.24) is 23.9 Å². The Morgan fingerprint density at radius 2 is 2.14 bits per heavy atom. The van der Waals surface area contributed by atoms with E-state index in [4.69, 9.17) is 9.72 Å². The van der Waals surface area contributed by atoms with Crippen LogP contribution >= 0.6 is 11.8 Å². The van der Waals surface area contributed by atoms with E-state index in [1.54, 1.807) is 10.8 Å². The molecule has 7 nitrogen and oxygen atoms in total. The molecule has 0 bridgehead atoms. The number of fused-ring (bicyclic) bond motifs is 2. The van der Waals surface area contributed by atoms with Gasteiger partial charge in [-0.3, -0.25) is 13.8 Å². The largest absolute Gasteiger partial charge is 0.376 e. The second-order valence-corrected chi connectivity index (χ2v) is 7.75. The fraction of sp³-hybridized carbons (Fsp3) is 0.300. The van der Waals surface area contributed by atoms with Crippen molar-refractivity contribution in [1.29, 1.82) is 0 Å². The molecule has 0 aliphatic carbocycles. The number of hydrogen-bond donors (Lipinski definition) is 0. The van der Waals surface area contributed by atoms with E-state index in [0.717, 1.165) is 30.7 Å². The molecule has 1 aromatic carbocycles. The second-order valence-electron chi connectivity index (χ2n) is 6.81. The summed E-state index contributed by atoms with van der Waals surface area (Å²) in [4.78, 5) is 26.7. The maximum absolute atomic E-state index is 13.1. The van der Waals surface area contributed by atoms with Crippen molar-refractivity contribution < 1.29 is 4.74 Å².